The van der Waals surface area contributed by atoms with Gasteiger partial charge in [0.1, 0.15) is 0 Å². The molecule has 1 aromatic carbocycles. The first-order chi connectivity index (χ1) is 11.5. The Balaban J connectivity index is 1.85. The zero-order valence-electron chi connectivity index (χ0n) is 13.6. The molecule has 0 aliphatic carbocycles. The van der Waals surface area contributed by atoms with E-state index >= 15 is 0 Å². The zero-order valence-corrected chi connectivity index (χ0v) is 13.6. The molecular weight excluding hydrogens is 308 g/mol. The van der Waals surface area contributed by atoms with E-state index in [9.17, 15) is 14.4 Å². The number of esters is 1. The number of pyridine rings is 1. The Morgan fingerprint density at radius 1 is 1.12 bits per heavy atom. The molecule has 1 amide bonds. The molecule has 0 unspecified atom stereocenters. The molecule has 6 heteroatoms. The van der Waals surface area contributed by atoms with E-state index in [1.165, 1.54) is 11.7 Å². The minimum Gasteiger partial charge on any atom is -0.465 e. The normalized spacial score (nSPS) is 13.3. The second-order valence-corrected chi connectivity index (χ2v) is 5.82. The van der Waals surface area contributed by atoms with E-state index < -0.39 is 5.97 Å². The summed E-state index contributed by atoms with van der Waals surface area (Å²) < 4.78 is 6.21. The summed E-state index contributed by atoms with van der Waals surface area (Å²) in [6, 6.07) is 8.15. The minimum atomic E-state index is -0.469. The largest absolute Gasteiger partial charge is 0.465 e. The van der Waals surface area contributed by atoms with Crippen LogP contribution in [0.1, 0.15) is 31.8 Å². The van der Waals surface area contributed by atoms with Crippen LogP contribution in [0.15, 0.2) is 41.3 Å². The number of amides is 1. The van der Waals surface area contributed by atoms with Crippen LogP contribution >= 0.6 is 0 Å². The molecule has 1 aromatic heterocycles. The number of hydrogen-bond donors (Lipinski definition) is 0. The predicted molar refractivity (Wildman–Crippen MR) is 87.9 cm³/mol. The van der Waals surface area contributed by atoms with Crippen molar-refractivity contribution in [2.75, 3.05) is 13.7 Å². The summed E-state index contributed by atoms with van der Waals surface area (Å²) in [5, 5.41) is 0. The average molecular weight is 326 g/mol. The zero-order chi connectivity index (χ0) is 17.3. The average Bonchev–Trinajstić information content (AvgIpc) is 2.61. The van der Waals surface area contributed by atoms with E-state index in [1.807, 2.05) is 0 Å². The molecule has 1 aliphatic heterocycles. The third-order valence-corrected chi connectivity index (χ3v) is 4.24. The number of ether oxygens (including phenoxy) is 1. The van der Waals surface area contributed by atoms with E-state index in [0.717, 1.165) is 11.1 Å². The number of benzene rings is 1. The molecule has 1 aliphatic rings. The van der Waals surface area contributed by atoms with E-state index in [1.54, 1.807) is 48.5 Å². The Hall–Kier alpha value is -2.89. The second-order valence-electron chi connectivity index (χ2n) is 5.82. The Morgan fingerprint density at radius 3 is 2.62 bits per heavy atom. The molecule has 124 valence electrons. The first-order valence-corrected chi connectivity index (χ1v) is 7.65. The highest BCUT2D eigenvalue weighted by Crippen LogP contribution is 2.19. The van der Waals surface area contributed by atoms with E-state index in [0.29, 0.717) is 30.6 Å². The van der Waals surface area contributed by atoms with Crippen LogP contribution in [0.2, 0.25) is 0 Å². The van der Waals surface area contributed by atoms with Crippen molar-refractivity contribution < 1.29 is 14.3 Å². The summed E-state index contributed by atoms with van der Waals surface area (Å²) in [4.78, 5) is 37.8. The second kappa shape index (κ2) is 6.31. The van der Waals surface area contributed by atoms with Crippen molar-refractivity contribution in [2.24, 2.45) is 7.05 Å². The van der Waals surface area contributed by atoms with Gasteiger partial charge in [-0.1, -0.05) is 6.07 Å². The van der Waals surface area contributed by atoms with Gasteiger partial charge in [-0.15, -0.1) is 0 Å². The van der Waals surface area contributed by atoms with Crippen LogP contribution in [0.25, 0.3) is 0 Å². The summed E-state index contributed by atoms with van der Waals surface area (Å²) in [6.07, 6.45) is 2.43. The van der Waals surface area contributed by atoms with Crippen molar-refractivity contribution >= 4 is 11.9 Å². The number of rotatable bonds is 2. The van der Waals surface area contributed by atoms with Crippen LogP contribution < -0.4 is 5.56 Å². The van der Waals surface area contributed by atoms with Crippen LogP contribution in [0.5, 0.6) is 0 Å². The molecule has 0 saturated carbocycles. The van der Waals surface area contributed by atoms with Gasteiger partial charge in [-0.05, 0) is 35.7 Å². The molecule has 6 nitrogen and oxygen atoms in total. The Kier molecular flexibility index (Phi) is 4.20. The van der Waals surface area contributed by atoms with Gasteiger partial charge < -0.3 is 14.2 Å². The number of nitrogens with zero attached hydrogens (tertiary/aromatic N) is 2. The molecule has 0 radical (unpaired) electrons. The third-order valence-electron chi connectivity index (χ3n) is 4.24. The van der Waals surface area contributed by atoms with E-state index in [4.69, 9.17) is 4.74 Å². The van der Waals surface area contributed by atoms with Gasteiger partial charge in [0.25, 0.3) is 11.5 Å². The lowest BCUT2D eigenvalue weighted by atomic mass is 10.0. The number of aromatic nitrogens is 1. The first kappa shape index (κ1) is 16.0. The number of fused-ring (bicyclic) bond motifs is 1. The lowest BCUT2D eigenvalue weighted by molar-refractivity contribution is 0.0600. The van der Waals surface area contributed by atoms with Crippen LogP contribution in [-0.2, 0) is 24.8 Å². The molecule has 0 saturated heterocycles. The van der Waals surface area contributed by atoms with Gasteiger partial charge >= 0.3 is 5.97 Å². The van der Waals surface area contributed by atoms with Crippen LogP contribution in [0.3, 0.4) is 0 Å². The molecule has 0 N–H and O–H groups in total. The predicted octanol–water partition coefficient (Wildman–Crippen LogP) is 1.37. The van der Waals surface area contributed by atoms with Crippen molar-refractivity contribution in [1.29, 1.82) is 0 Å². The van der Waals surface area contributed by atoms with Crippen molar-refractivity contribution in [3.63, 3.8) is 0 Å². The van der Waals surface area contributed by atoms with Gasteiger partial charge in [0, 0.05) is 38.0 Å². The Morgan fingerprint density at radius 2 is 1.88 bits per heavy atom. The molecule has 2 heterocycles. The fourth-order valence-corrected chi connectivity index (χ4v) is 2.89. The number of carbonyl (C=O) groups is 2. The topological polar surface area (TPSA) is 68.6 Å². The van der Waals surface area contributed by atoms with Crippen molar-refractivity contribution in [3.05, 3.63) is 69.1 Å². The fourth-order valence-electron chi connectivity index (χ4n) is 2.89. The number of methoxy groups -OCH3 is 1. The summed E-state index contributed by atoms with van der Waals surface area (Å²) in [6.45, 7) is 0.992. The lowest BCUT2D eigenvalue weighted by Gasteiger charge is -2.29. The van der Waals surface area contributed by atoms with Gasteiger partial charge in [-0.3, -0.25) is 9.59 Å². The maximum absolute atomic E-state index is 12.7. The van der Waals surface area contributed by atoms with Crippen molar-refractivity contribution in [2.45, 2.75) is 13.0 Å². The molecular formula is C18H18N2O4. The summed E-state index contributed by atoms with van der Waals surface area (Å²) in [5.41, 5.74) is 2.72. The van der Waals surface area contributed by atoms with E-state index in [2.05, 4.69) is 0 Å². The number of aryl methyl sites for hydroxylation is 1. The van der Waals surface area contributed by atoms with Gasteiger partial charge in [0.05, 0.1) is 12.7 Å². The first-order valence-electron chi connectivity index (χ1n) is 7.65. The van der Waals surface area contributed by atoms with Crippen LogP contribution in [-0.4, -0.2) is 35.0 Å². The third kappa shape index (κ3) is 2.95. The molecule has 0 spiro atoms. The quantitative estimate of drug-likeness (QED) is 0.782. The van der Waals surface area contributed by atoms with Crippen molar-refractivity contribution in [3.8, 4) is 0 Å². The Labute approximate surface area is 139 Å². The fraction of sp³-hybridized carbons (Fsp3) is 0.278. The molecule has 0 bridgehead atoms. The van der Waals surface area contributed by atoms with Crippen molar-refractivity contribution in [1.82, 2.24) is 9.47 Å². The monoisotopic (exact) mass is 326 g/mol. The smallest absolute Gasteiger partial charge is 0.337 e. The van der Waals surface area contributed by atoms with Gasteiger partial charge in [-0.25, -0.2) is 4.79 Å². The molecule has 0 atom stereocenters. The highest BCUT2D eigenvalue weighted by Gasteiger charge is 2.23. The highest BCUT2D eigenvalue weighted by atomic mass is 16.5. The molecule has 2 aromatic rings. The lowest BCUT2D eigenvalue weighted by Crippen LogP contribution is -2.37. The molecule has 24 heavy (non-hydrogen) atoms. The van der Waals surface area contributed by atoms with Gasteiger partial charge in [0.2, 0.25) is 0 Å². The maximum Gasteiger partial charge on any atom is 0.337 e. The van der Waals surface area contributed by atoms with Gasteiger partial charge in [0.15, 0.2) is 0 Å². The van der Waals surface area contributed by atoms with Gasteiger partial charge in [-0.2, -0.15) is 0 Å². The summed E-state index contributed by atoms with van der Waals surface area (Å²) >= 11 is 0. The SMILES string of the molecule is COC(=O)c1cccc(C(=O)N2CCc3cc(=O)n(C)cc3C2)c1. The van der Waals surface area contributed by atoms with Crippen LogP contribution in [0.4, 0.5) is 0 Å². The Bertz CT molecular complexity index is 870. The highest BCUT2D eigenvalue weighted by molar-refractivity contribution is 5.98. The molecule has 0 fully saturated rings. The van der Waals surface area contributed by atoms with Crippen LogP contribution in [0, 0.1) is 0 Å². The summed E-state index contributed by atoms with van der Waals surface area (Å²) in [7, 11) is 3.01. The maximum atomic E-state index is 12.7. The minimum absolute atomic E-state index is 0.0423. The molecule has 3 rings (SSSR count). The standard InChI is InChI=1S/C18H18N2O4/c1-19-10-15-11-20(7-6-12(15)9-16(19)21)17(22)13-4-3-5-14(8-13)18(23)24-2/h3-5,8-10H,6-7,11H2,1-2H3. The number of carbonyl (C=O) groups excluding carboxylic acids is 2. The van der Waals surface area contributed by atoms with E-state index in [-0.39, 0.29) is 11.5 Å². The summed E-state index contributed by atoms with van der Waals surface area (Å²) in [5.74, 6) is -0.608. The number of hydrogen-bond acceptors (Lipinski definition) is 4.